The highest BCUT2D eigenvalue weighted by Crippen LogP contribution is 2.42. The summed E-state index contributed by atoms with van der Waals surface area (Å²) in [6.07, 6.45) is -16.8. The number of hydrogen-bond acceptors (Lipinski definition) is 1. The lowest BCUT2D eigenvalue weighted by Gasteiger charge is -2.28. The summed E-state index contributed by atoms with van der Waals surface area (Å²) in [5, 5.41) is 0. The standard InChI is InChI=1S/C8H8F8O/c1-2-3-17-8(15,16)7(13,14)5(9)4-6(10,11)12/h2,5H,1,3-4H2. The van der Waals surface area contributed by atoms with Crippen LogP contribution in [0.3, 0.4) is 0 Å². The minimum absolute atomic E-state index is 0.668. The summed E-state index contributed by atoms with van der Waals surface area (Å²) in [5.74, 6) is -5.58. The summed E-state index contributed by atoms with van der Waals surface area (Å²) in [6, 6.07) is 0. The van der Waals surface area contributed by atoms with Crippen LogP contribution in [-0.4, -0.2) is 31.0 Å². The van der Waals surface area contributed by atoms with E-state index in [-0.39, 0.29) is 0 Å². The Labute approximate surface area is 91.0 Å². The van der Waals surface area contributed by atoms with E-state index < -0.39 is 37.4 Å². The first-order valence-electron chi connectivity index (χ1n) is 4.15. The Kier molecular flexibility index (Phi) is 4.93. The molecular weight excluding hydrogens is 264 g/mol. The van der Waals surface area contributed by atoms with Gasteiger partial charge in [-0.05, 0) is 0 Å². The van der Waals surface area contributed by atoms with Gasteiger partial charge in [0.1, 0.15) is 0 Å². The number of halogens is 8. The maximum Gasteiger partial charge on any atom is 0.422 e. The Balaban J connectivity index is 4.78. The van der Waals surface area contributed by atoms with Crippen molar-refractivity contribution in [2.75, 3.05) is 6.61 Å². The molecule has 0 aliphatic rings. The zero-order valence-electron chi connectivity index (χ0n) is 8.21. The molecule has 1 atom stereocenters. The average Bonchev–Trinajstić information content (AvgIpc) is 2.11. The van der Waals surface area contributed by atoms with Gasteiger partial charge in [-0.15, -0.1) is 6.58 Å². The van der Waals surface area contributed by atoms with Gasteiger partial charge in [-0.3, -0.25) is 0 Å². The van der Waals surface area contributed by atoms with Gasteiger partial charge in [0.25, 0.3) is 0 Å². The predicted molar refractivity (Wildman–Crippen MR) is 41.6 cm³/mol. The molecule has 1 unspecified atom stereocenters. The summed E-state index contributed by atoms with van der Waals surface area (Å²) in [5.41, 5.74) is 0. The van der Waals surface area contributed by atoms with E-state index in [0.717, 1.165) is 0 Å². The highest BCUT2D eigenvalue weighted by molar-refractivity contribution is 4.87. The van der Waals surface area contributed by atoms with Gasteiger partial charge in [-0.2, -0.15) is 30.7 Å². The van der Waals surface area contributed by atoms with Gasteiger partial charge in [0.15, 0.2) is 6.17 Å². The monoisotopic (exact) mass is 272 g/mol. The maximum atomic E-state index is 12.7. The van der Waals surface area contributed by atoms with Crippen LogP contribution in [0, 0.1) is 0 Å². The van der Waals surface area contributed by atoms with E-state index in [9.17, 15) is 35.1 Å². The molecule has 0 amide bonds. The molecule has 0 aromatic carbocycles. The van der Waals surface area contributed by atoms with Crippen molar-refractivity contribution in [2.45, 2.75) is 30.8 Å². The molecule has 102 valence electrons. The first-order chi connectivity index (χ1) is 7.44. The number of hydrogen-bond donors (Lipinski definition) is 0. The van der Waals surface area contributed by atoms with E-state index in [0.29, 0.717) is 6.08 Å². The van der Waals surface area contributed by atoms with Crippen molar-refractivity contribution in [2.24, 2.45) is 0 Å². The van der Waals surface area contributed by atoms with Crippen LogP contribution in [0.15, 0.2) is 12.7 Å². The fourth-order valence-electron chi connectivity index (χ4n) is 0.774. The lowest BCUT2D eigenvalue weighted by atomic mass is 10.1. The van der Waals surface area contributed by atoms with Crippen molar-refractivity contribution in [3.63, 3.8) is 0 Å². The molecule has 0 fully saturated rings. The largest absolute Gasteiger partial charge is 0.422 e. The highest BCUT2D eigenvalue weighted by atomic mass is 19.4. The van der Waals surface area contributed by atoms with E-state index in [1.54, 1.807) is 0 Å². The van der Waals surface area contributed by atoms with Gasteiger partial charge < -0.3 is 4.74 Å². The molecule has 1 nitrogen and oxygen atoms in total. The van der Waals surface area contributed by atoms with Crippen molar-refractivity contribution in [3.05, 3.63) is 12.7 Å². The highest BCUT2D eigenvalue weighted by Gasteiger charge is 2.65. The minimum Gasteiger partial charge on any atom is -0.311 e. The normalized spacial score (nSPS) is 15.8. The molecule has 0 saturated carbocycles. The van der Waals surface area contributed by atoms with Crippen LogP contribution in [0.2, 0.25) is 0 Å². The van der Waals surface area contributed by atoms with Crippen molar-refractivity contribution in [1.82, 2.24) is 0 Å². The maximum absolute atomic E-state index is 12.7. The summed E-state index contributed by atoms with van der Waals surface area (Å²) in [4.78, 5) is 0. The number of ether oxygens (including phenoxy) is 1. The fraction of sp³-hybridized carbons (Fsp3) is 0.750. The quantitative estimate of drug-likeness (QED) is 0.529. The Morgan fingerprint density at radius 3 is 1.88 bits per heavy atom. The van der Waals surface area contributed by atoms with Gasteiger partial charge in [-0.25, -0.2) is 4.39 Å². The van der Waals surface area contributed by atoms with Gasteiger partial charge in [0.05, 0.1) is 13.0 Å². The summed E-state index contributed by atoms with van der Waals surface area (Å²) < 4.78 is 101. The number of rotatable bonds is 6. The smallest absolute Gasteiger partial charge is 0.311 e. The third-order valence-corrected chi connectivity index (χ3v) is 1.57. The second-order valence-electron chi connectivity index (χ2n) is 3.03. The molecule has 0 rings (SSSR count). The molecular formula is C8H8F8O. The van der Waals surface area contributed by atoms with Crippen LogP contribution in [-0.2, 0) is 4.74 Å². The molecule has 0 N–H and O–H groups in total. The molecule has 0 bridgehead atoms. The first-order valence-corrected chi connectivity index (χ1v) is 4.15. The Bertz CT molecular complexity index is 259. The van der Waals surface area contributed by atoms with Crippen LogP contribution in [0.5, 0.6) is 0 Å². The van der Waals surface area contributed by atoms with Crippen LogP contribution < -0.4 is 0 Å². The lowest BCUT2D eigenvalue weighted by molar-refractivity contribution is -0.363. The van der Waals surface area contributed by atoms with E-state index in [1.165, 1.54) is 0 Å². The third kappa shape index (κ3) is 4.49. The van der Waals surface area contributed by atoms with E-state index in [1.807, 2.05) is 0 Å². The fourth-order valence-corrected chi connectivity index (χ4v) is 0.774. The minimum atomic E-state index is -5.58. The second kappa shape index (κ2) is 5.19. The van der Waals surface area contributed by atoms with Crippen molar-refractivity contribution in [3.8, 4) is 0 Å². The topological polar surface area (TPSA) is 9.23 Å². The van der Waals surface area contributed by atoms with Gasteiger partial charge in [0, 0.05) is 0 Å². The summed E-state index contributed by atoms with van der Waals surface area (Å²) in [6.45, 7) is 1.82. The van der Waals surface area contributed by atoms with Crippen molar-refractivity contribution in [1.29, 1.82) is 0 Å². The molecule has 0 heterocycles. The second-order valence-corrected chi connectivity index (χ2v) is 3.03. The Morgan fingerprint density at radius 1 is 1.06 bits per heavy atom. The molecule has 0 aliphatic carbocycles. The molecule has 17 heavy (non-hydrogen) atoms. The predicted octanol–water partition coefficient (Wildman–Crippen LogP) is 3.71. The number of alkyl halides is 8. The summed E-state index contributed by atoms with van der Waals surface area (Å²) >= 11 is 0. The van der Waals surface area contributed by atoms with Crippen LogP contribution in [0.4, 0.5) is 35.1 Å². The molecule has 9 heteroatoms. The zero-order chi connectivity index (χ0) is 13.9. The van der Waals surface area contributed by atoms with Gasteiger partial charge >= 0.3 is 18.2 Å². The summed E-state index contributed by atoms with van der Waals surface area (Å²) in [7, 11) is 0. The van der Waals surface area contributed by atoms with Crippen LogP contribution in [0.1, 0.15) is 6.42 Å². The molecule has 0 radical (unpaired) electrons. The first kappa shape index (κ1) is 16.1. The molecule has 0 saturated heterocycles. The van der Waals surface area contributed by atoms with Gasteiger partial charge in [-0.1, -0.05) is 6.08 Å². The van der Waals surface area contributed by atoms with Crippen LogP contribution in [0.25, 0.3) is 0 Å². The molecule has 0 spiro atoms. The van der Waals surface area contributed by atoms with Crippen molar-refractivity contribution < 1.29 is 39.9 Å². The van der Waals surface area contributed by atoms with E-state index >= 15 is 0 Å². The lowest BCUT2D eigenvalue weighted by Crippen LogP contribution is -2.50. The van der Waals surface area contributed by atoms with Crippen LogP contribution >= 0.6 is 0 Å². The van der Waals surface area contributed by atoms with Crippen molar-refractivity contribution >= 4 is 0 Å². The molecule has 0 aromatic rings. The Hall–Kier alpha value is -0.860. The average molecular weight is 272 g/mol. The Morgan fingerprint density at radius 2 is 1.53 bits per heavy atom. The third-order valence-electron chi connectivity index (χ3n) is 1.57. The molecule has 0 aliphatic heterocycles. The van der Waals surface area contributed by atoms with Gasteiger partial charge in [0.2, 0.25) is 0 Å². The molecule has 0 aromatic heterocycles. The SMILES string of the molecule is C=CCOC(F)(F)C(F)(F)C(F)CC(F)(F)F. The van der Waals surface area contributed by atoms with E-state index in [2.05, 4.69) is 11.3 Å². The van der Waals surface area contributed by atoms with E-state index in [4.69, 9.17) is 0 Å². The zero-order valence-corrected chi connectivity index (χ0v) is 8.21.